The molecule has 2 saturated heterocycles. The lowest BCUT2D eigenvalue weighted by Crippen LogP contribution is -2.76. The SMILES string of the molecule is COC1CCC(OC)([C@H]2NC(=O)[C@H]2NC(=O)OCC(C)C)O1. The van der Waals surface area contributed by atoms with E-state index in [0.717, 1.165) is 0 Å². The van der Waals surface area contributed by atoms with Gasteiger partial charge in [-0.05, 0) is 5.92 Å². The molecule has 0 aromatic rings. The molecule has 2 N–H and O–H groups in total. The van der Waals surface area contributed by atoms with Gasteiger partial charge >= 0.3 is 6.09 Å². The quantitative estimate of drug-likeness (QED) is 0.687. The van der Waals surface area contributed by atoms with Crippen molar-refractivity contribution in [3.63, 3.8) is 0 Å². The third kappa shape index (κ3) is 3.34. The molecule has 0 aliphatic carbocycles. The lowest BCUT2D eigenvalue weighted by molar-refractivity contribution is -0.276. The number of hydrogen-bond donors (Lipinski definition) is 2. The van der Waals surface area contributed by atoms with Crippen molar-refractivity contribution in [1.82, 2.24) is 10.6 Å². The number of rotatable bonds is 6. The second kappa shape index (κ2) is 6.80. The summed E-state index contributed by atoms with van der Waals surface area (Å²) in [6, 6.07) is -1.22. The normalized spacial score (nSPS) is 34.2. The molecule has 126 valence electrons. The summed E-state index contributed by atoms with van der Waals surface area (Å²) in [6.07, 6.45) is 0.213. The van der Waals surface area contributed by atoms with Crippen LogP contribution in [0.15, 0.2) is 0 Å². The van der Waals surface area contributed by atoms with Crippen molar-refractivity contribution in [2.75, 3.05) is 20.8 Å². The van der Waals surface area contributed by atoms with Gasteiger partial charge in [0, 0.05) is 27.1 Å². The predicted octanol–water partition coefficient (Wildman–Crippen LogP) is 0.361. The molecule has 0 spiro atoms. The zero-order valence-electron chi connectivity index (χ0n) is 13.4. The molecule has 2 aliphatic heterocycles. The number of carbonyl (C=O) groups is 2. The third-order valence-electron chi connectivity index (χ3n) is 3.88. The van der Waals surface area contributed by atoms with Gasteiger partial charge in [0.15, 0.2) is 12.1 Å². The predicted molar refractivity (Wildman–Crippen MR) is 75.9 cm³/mol. The Morgan fingerprint density at radius 3 is 2.73 bits per heavy atom. The first-order chi connectivity index (χ1) is 10.4. The van der Waals surface area contributed by atoms with E-state index in [0.29, 0.717) is 19.4 Å². The van der Waals surface area contributed by atoms with Crippen LogP contribution in [0, 0.1) is 5.92 Å². The van der Waals surface area contributed by atoms with E-state index < -0.39 is 24.0 Å². The summed E-state index contributed by atoms with van der Waals surface area (Å²) in [7, 11) is 3.06. The zero-order chi connectivity index (χ0) is 16.3. The molecule has 0 saturated carbocycles. The van der Waals surface area contributed by atoms with Crippen LogP contribution in [0.2, 0.25) is 0 Å². The average molecular weight is 316 g/mol. The first kappa shape index (κ1) is 17.0. The molecule has 2 fully saturated rings. The molecule has 2 aliphatic rings. The van der Waals surface area contributed by atoms with Gasteiger partial charge in [-0.1, -0.05) is 13.8 Å². The maximum Gasteiger partial charge on any atom is 0.407 e. The van der Waals surface area contributed by atoms with E-state index in [1.807, 2.05) is 13.8 Å². The highest BCUT2D eigenvalue weighted by molar-refractivity contribution is 5.92. The summed E-state index contributed by atoms with van der Waals surface area (Å²) in [5, 5.41) is 5.29. The van der Waals surface area contributed by atoms with E-state index in [-0.39, 0.29) is 18.1 Å². The molecule has 8 nitrogen and oxygen atoms in total. The van der Waals surface area contributed by atoms with Crippen LogP contribution in [0.1, 0.15) is 26.7 Å². The van der Waals surface area contributed by atoms with Crippen molar-refractivity contribution in [1.29, 1.82) is 0 Å². The third-order valence-corrected chi connectivity index (χ3v) is 3.88. The monoisotopic (exact) mass is 316 g/mol. The van der Waals surface area contributed by atoms with Crippen LogP contribution in [-0.2, 0) is 23.7 Å². The van der Waals surface area contributed by atoms with Crippen LogP contribution >= 0.6 is 0 Å². The molecule has 2 amide bonds. The van der Waals surface area contributed by atoms with Crippen LogP contribution in [-0.4, -0.2) is 57.0 Å². The molecule has 22 heavy (non-hydrogen) atoms. The van der Waals surface area contributed by atoms with E-state index in [4.69, 9.17) is 18.9 Å². The van der Waals surface area contributed by atoms with E-state index in [1.54, 1.807) is 7.11 Å². The van der Waals surface area contributed by atoms with Crippen LogP contribution in [0.5, 0.6) is 0 Å². The number of carbonyl (C=O) groups excluding carboxylic acids is 2. The zero-order valence-corrected chi connectivity index (χ0v) is 13.4. The van der Waals surface area contributed by atoms with Crippen LogP contribution in [0.3, 0.4) is 0 Å². The lowest BCUT2D eigenvalue weighted by Gasteiger charge is -2.46. The van der Waals surface area contributed by atoms with Crippen molar-refractivity contribution in [3.8, 4) is 0 Å². The summed E-state index contributed by atoms with van der Waals surface area (Å²) in [6.45, 7) is 4.16. The van der Waals surface area contributed by atoms with Gasteiger partial charge in [-0.3, -0.25) is 4.79 Å². The van der Waals surface area contributed by atoms with Crippen LogP contribution in [0.4, 0.5) is 4.79 Å². The van der Waals surface area contributed by atoms with Crippen LogP contribution < -0.4 is 10.6 Å². The van der Waals surface area contributed by atoms with Crippen molar-refractivity contribution < 1.29 is 28.5 Å². The summed E-state index contributed by atoms with van der Waals surface area (Å²) < 4.78 is 21.5. The Morgan fingerprint density at radius 1 is 1.50 bits per heavy atom. The molecule has 0 radical (unpaired) electrons. The average Bonchev–Trinajstić information content (AvgIpc) is 2.92. The van der Waals surface area contributed by atoms with Crippen molar-refractivity contribution in [3.05, 3.63) is 0 Å². The Balaban J connectivity index is 1.96. The topological polar surface area (TPSA) is 95.1 Å². The molecular formula is C14H24N2O6. The number of ether oxygens (including phenoxy) is 4. The molecular weight excluding hydrogens is 292 g/mol. The van der Waals surface area contributed by atoms with Gasteiger partial charge in [0.1, 0.15) is 12.1 Å². The molecule has 4 atom stereocenters. The first-order valence-corrected chi connectivity index (χ1v) is 7.41. The number of methoxy groups -OCH3 is 2. The summed E-state index contributed by atoms with van der Waals surface area (Å²) in [4.78, 5) is 23.5. The molecule has 0 bridgehead atoms. The molecule has 2 rings (SSSR count). The maximum absolute atomic E-state index is 11.8. The summed E-state index contributed by atoms with van der Waals surface area (Å²) in [5.41, 5.74) is 0. The van der Waals surface area contributed by atoms with Crippen molar-refractivity contribution in [2.45, 2.75) is 50.8 Å². The van der Waals surface area contributed by atoms with Gasteiger partial charge in [-0.2, -0.15) is 0 Å². The van der Waals surface area contributed by atoms with Gasteiger partial charge in [0.2, 0.25) is 5.91 Å². The highest BCUT2D eigenvalue weighted by Gasteiger charge is 2.58. The van der Waals surface area contributed by atoms with Crippen LogP contribution in [0.25, 0.3) is 0 Å². The number of hydrogen-bond acceptors (Lipinski definition) is 6. The van der Waals surface area contributed by atoms with Gasteiger partial charge in [0.05, 0.1) is 6.61 Å². The fraction of sp³-hybridized carbons (Fsp3) is 0.857. The van der Waals surface area contributed by atoms with Gasteiger partial charge < -0.3 is 29.6 Å². The Morgan fingerprint density at radius 2 is 2.23 bits per heavy atom. The smallest absolute Gasteiger partial charge is 0.407 e. The number of nitrogens with one attached hydrogen (secondary N) is 2. The van der Waals surface area contributed by atoms with Crippen molar-refractivity contribution >= 4 is 12.0 Å². The minimum atomic E-state index is -0.995. The Bertz CT molecular complexity index is 430. The van der Waals surface area contributed by atoms with Crippen molar-refractivity contribution in [2.24, 2.45) is 5.92 Å². The molecule has 8 heteroatoms. The molecule has 2 heterocycles. The highest BCUT2D eigenvalue weighted by atomic mass is 16.8. The number of amides is 2. The number of β-lactam (4-membered cyclic amide) rings is 1. The number of alkyl carbamates (subject to hydrolysis) is 1. The van der Waals surface area contributed by atoms with E-state index in [1.165, 1.54) is 7.11 Å². The minimum absolute atomic E-state index is 0.225. The Hall–Kier alpha value is -1.38. The lowest BCUT2D eigenvalue weighted by atomic mass is 9.89. The largest absolute Gasteiger partial charge is 0.449 e. The van der Waals surface area contributed by atoms with Gasteiger partial charge in [-0.15, -0.1) is 0 Å². The molecule has 2 unspecified atom stereocenters. The van der Waals surface area contributed by atoms with Gasteiger partial charge in [-0.25, -0.2) is 4.79 Å². The summed E-state index contributed by atoms with van der Waals surface area (Å²) in [5.74, 6) is -1.06. The second-order valence-electron chi connectivity index (χ2n) is 5.94. The second-order valence-corrected chi connectivity index (χ2v) is 5.94. The summed E-state index contributed by atoms with van der Waals surface area (Å²) >= 11 is 0. The minimum Gasteiger partial charge on any atom is -0.449 e. The molecule has 0 aromatic heterocycles. The molecule has 0 aromatic carbocycles. The Labute approximate surface area is 129 Å². The van der Waals surface area contributed by atoms with E-state index in [9.17, 15) is 9.59 Å². The van der Waals surface area contributed by atoms with E-state index >= 15 is 0 Å². The highest BCUT2D eigenvalue weighted by Crippen LogP contribution is 2.37. The van der Waals surface area contributed by atoms with Gasteiger partial charge in [0.25, 0.3) is 0 Å². The van der Waals surface area contributed by atoms with E-state index in [2.05, 4.69) is 10.6 Å². The Kier molecular flexibility index (Phi) is 5.25. The standard InChI is InChI=1S/C14H24N2O6/c1-8(2)7-21-13(18)15-10-11(16-12(10)17)14(20-4)6-5-9(19-3)22-14/h8-11H,5-7H2,1-4H3,(H,15,18)(H,16,17)/t9?,10-,11-,14?/m0/s1. The first-order valence-electron chi connectivity index (χ1n) is 7.41. The fourth-order valence-corrected chi connectivity index (χ4v) is 2.64. The fourth-order valence-electron chi connectivity index (χ4n) is 2.64. The maximum atomic E-state index is 11.8.